The van der Waals surface area contributed by atoms with Gasteiger partial charge in [-0.3, -0.25) is 14.9 Å². The van der Waals surface area contributed by atoms with Crippen molar-refractivity contribution in [2.75, 3.05) is 31.2 Å². The highest BCUT2D eigenvalue weighted by Gasteiger charge is 2.34. The number of morpholine rings is 1. The summed E-state index contributed by atoms with van der Waals surface area (Å²) in [5.41, 5.74) is 0.0925. The zero-order valence-electron chi connectivity index (χ0n) is 16.4. The Balaban J connectivity index is 1.66. The molecule has 0 saturated carbocycles. The van der Waals surface area contributed by atoms with Crippen LogP contribution in [-0.4, -0.2) is 37.1 Å². The van der Waals surface area contributed by atoms with Gasteiger partial charge >= 0.3 is 6.18 Å². The Morgan fingerprint density at radius 1 is 1.16 bits per heavy atom. The lowest BCUT2D eigenvalue weighted by molar-refractivity contribution is -0.384. The molecular formula is C21H20F3N3O4. The highest BCUT2D eigenvalue weighted by atomic mass is 19.4. The number of carbonyl (C=O) groups excluding carboxylic acids is 1. The average molecular weight is 435 g/mol. The minimum Gasteiger partial charge on any atom is -0.378 e. The molecule has 1 aliphatic heterocycles. The minimum absolute atomic E-state index is 0.0402. The van der Waals surface area contributed by atoms with Crippen LogP contribution in [0.3, 0.4) is 0 Å². The molecule has 0 aromatic heterocycles. The molecule has 0 spiro atoms. The standard InChI is InChI=1S/C21H20F3N3O4/c22-21(23,24)19-13-18(26-9-11-31-12-10-26)7-4-16(19)14-25-20(28)8-3-15-1-5-17(6-2-15)27(29)30/h1-8,13H,9-12,14H2,(H,25,28)/b8-3+. The Kier molecular flexibility index (Phi) is 6.91. The molecule has 1 saturated heterocycles. The van der Waals surface area contributed by atoms with Gasteiger partial charge < -0.3 is 15.0 Å². The molecule has 1 heterocycles. The molecule has 1 amide bonds. The van der Waals surface area contributed by atoms with Crippen LogP contribution in [0.5, 0.6) is 0 Å². The number of non-ortho nitro benzene ring substituents is 1. The summed E-state index contributed by atoms with van der Waals surface area (Å²) in [7, 11) is 0. The van der Waals surface area contributed by atoms with E-state index in [1.54, 1.807) is 6.07 Å². The molecule has 31 heavy (non-hydrogen) atoms. The van der Waals surface area contributed by atoms with Gasteiger partial charge in [-0.2, -0.15) is 13.2 Å². The lowest BCUT2D eigenvalue weighted by Crippen LogP contribution is -2.36. The van der Waals surface area contributed by atoms with Crippen LogP contribution in [0, 0.1) is 10.1 Å². The molecule has 0 unspecified atom stereocenters. The highest BCUT2D eigenvalue weighted by molar-refractivity contribution is 5.91. The van der Waals surface area contributed by atoms with Crippen molar-refractivity contribution in [1.82, 2.24) is 5.32 Å². The summed E-state index contributed by atoms with van der Waals surface area (Å²) in [6.45, 7) is 1.66. The van der Waals surface area contributed by atoms with Crippen molar-refractivity contribution < 1.29 is 27.6 Å². The largest absolute Gasteiger partial charge is 0.416 e. The summed E-state index contributed by atoms with van der Waals surface area (Å²) in [5, 5.41) is 13.1. The Bertz CT molecular complexity index is 969. The zero-order chi connectivity index (χ0) is 22.4. The van der Waals surface area contributed by atoms with Crippen LogP contribution >= 0.6 is 0 Å². The van der Waals surface area contributed by atoms with Crippen molar-refractivity contribution in [3.63, 3.8) is 0 Å². The number of nitro groups is 1. The van der Waals surface area contributed by atoms with Gasteiger partial charge in [0.15, 0.2) is 0 Å². The topological polar surface area (TPSA) is 84.7 Å². The predicted molar refractivity (Wildman–Crippen MR) is 108 cm³/mol. The van der Waals surface area contributed by atoms with E-state index in [0.717, 1.165) is 12.1 Å². The van der Waals surface area contributed by atoms with Crippen LogP contribution in [0.1, 0.15) is 16.7 Å². The van der Waals surface area contributed by atoms with Gasteiger partial charge in [0.2, 0.25) is 5.91 Å². The van der Waals surface area contributed by atoms with Gasteiger partial charge in [0.05, 0.1) is 23.7 Å². The first kappa shape index (κ1) is 22.3. The van der Waals surface area contributed by atoms with Crippen molar-refractivity contribution >= 4 is 23.4 Å². The molecule has 2 aromatic rings. The van der Waals surface area contributed by atoms with Gasteiger partial charge in [-0.1, -0.05) is 6.07 Å². The monoisotopic (exact) mass is 435 g/mol. The van der Waals surface area contributed by atoms with E-state index in [9.17, 15) is 28.1 Å². The number of nitrogens with zero attached hydrogens (tertiary/aromatic N) is 2. The molecular weight excluding hydrogens is 415 g/mol. The van der Waals surface area contributed by atoms with Gasteiger partial charge in [-0.15, -0.1) is 0 Å². The lowest BCUT2D eigenvalue weighted by atomic mass is 10.0. The van der Waals surface area contributed by atoms with E-state index in [-0.39, 0.29) is 17.8 Å². The molecule has 1 N–H and O–H groups in total. The molecule has 2 aromatic carbocycles. The summed E-state index contributed by atoms with van der Waals surface area (Å²) < 4.78 is 45.9. The number of hydrogen-bond donors (Lipinski definition) is 1. The number of nitro benzene ring substituents is 1. The van der Waals surface area contributed by atoms with Crippen molar-refractivity contribution in [3.05, 3.63) is 75.3 Å². The Morgan fingerprint density at radius 3 is 2.45 bits per heavy atom. The lowest BCUT2D eigenvalue weighted by Gasteiger charge is -2.29. The van der Waals surface area contributed by atoms with E-state index in [2.05, 4.69) is 5.32 Å². The summed E-state index contributed by atoms with van der Waals surface area (Å²) in [6.07, 6.45) is -1.97. The molecule has 1 fully saturated rings. The molecule has 7 nitrogen and oxygen atoms in total. The van der Waals surface area contributed by atoms with E-state index in [1.165, 1.54) is 36.4 Å². The van der Waals surface area contributed by atoms with Crippen LogP contribution < -0.4 is 10.2 Å². The maximum atomic E-state index is 13.6. The van der Waals surface area contributed by atoms with E-state index in [1.807, 2.05) is 4.90 Å². The third kappa shape index (κ3) is 6.05. The van der Waals surface area contributed by atoms with Crippen molar-refractivity contribution in [2.24, 2.45) is 0 Å². The molecule has 0 atom stereocenters. The van der Waals surface area contributed by atoms with E-state index in [0.29, 0.717) is 37.6 Å². The number of hydrogen-bond acceptors (Lipinski definition) is 5. The van der Waals surface area contributed by atoms with Crippen LogP contribution in [0.4, 0.5) is 24.5 Å². The number of benzene rings is 2. The Hall–Kier alpha value is -3.40. The number of nitrogens with one attached hydrogen (secondary N) is 1. The van der Waals surface area contributed by atoms with Crippen LogP contribution in [0.25, 0.3) is 6.08 Å². The molecule has 0 bridgehead atoms. The maximum absolute atomic E-state index is 13.6. The smallest absolute Gasteiger partial charge is 0.378 e. The number of ether oxygens (including phenoxy) is 1. The fraction of sp³-hybridized carbons (Fsp3) is 0.286. The van der Waals surface area contributed by atoms with Gasteiger partial charge in [-0.05, 0) is 41.5 Å². The Labute approximate surface area is 176 Å². The first-order valence-electron chi connectivity index (χ1n) is 9.47. The highest BCUT2D eigenvalue weighted by Crippen LogP contribution is 2.35. The zero-order valence-corrected chi connectivity index (χ0v) is 16.4. The van der Waals surface area contributed by atoms with Crippen molar-refractivity contribution in [1.29, 1.82) is 0 Å². The predicted octanol–water partition coefficient (Wildman–Crippen LogP) is 3.78. The summed E-state index contributed by atoms with van der Waals surface area (Å²) in [5.74, 6) is -0.580. The third-order valence-electron chi connectivity index (χ3n) is 4.76. The van der Waals surface area contributed by atoms with E-state index < -0.39 is 22.6 Å². The van der Waals surface area contributed by atoms with Crippen molar-refractivity contribution in [3.8, 4) is 0 Å². The second-order valence-corrected chi connectivity index (χ2v) is 6.84. The number of rotatable bonds is 6. The van der Waals surface area contributed by atoms with Crippen LogP contribution in [0.2, 0.25) is 0 Å². The normalized spacial score (nSPS) is 14.6. The first-order chi connectivity index (χ1) is 14.7. The average Bonchev–Trinajstić information content (AvgIpc) is 2.76. The number of anilines is 1. The number of amides is 1. The summed E-state index contributed by atoms with van der Waals surface area (Å²) >= 11 is 0. The van der Waals surface area contributed by atoms with Gasteiger partial charge in [0, 0.05) is 43.5 Å². The van der Waals surface area contributed by atoms with Crippen LogP contribution in [0.15, 0.2) is 48.5 Å². The fourth-order valence-electron chi connectivity index (χ4n) is 3.12. The SMILES string of the molecule is O=C(/C=C/c1ccc([N+](=O)[O-])cc1)NCc1ccc(N2CCOCC2)cc1C(F)(F)F. The molecule has 3 rings (SSSR count). The molecule has 1 aliphatic rings. The first-order valence-corrected chi connectivity index (χ1v) is 9.47. The number of halogens is 3. The second kappa shape index (κ2) is 9.61. The number of alkyl halides is 3. The quantitative estimate of drug-likeness (QED) is 0.424. The van der Waals surface area contributed by atoms with E-state index >= 15 is 0 Å². The second-order valence-electron chi connectivity index (χ2n) is 6.84. The van der Waals surface area contributed by atoms with Crippen LogP contribution in [-0.2, 0) is 22.3 Å². The molecule has 164 valence electrons. The third-order valence-corrected chi connectivity index (χ3v) is 4.76. The van der Waals surface area contributed by atoms with Gasteiger partial charge in [0.1, 0.15) is 0 Å². The maximum Gasteiger partial charge on any atom is 0.416 e. The summed E-state index contributed by atoms with van der Waals surface area (Å²) in [4.78, 5) is 24.0. The van der Waals surface area contributed by atoms with Gasteiger partial charge in [-0.25, -0.2) is 0 Å². The van der Waals surface area contributed by atoms with Crippen molar-refractivity contribution in [2.45, 2.75) is 12.7 Å². The molecule has 0 aliphatic carbocycles. The Morgan fingerprint density at radius 2 is 1.84 bits per heavy atom. The van der Waals surface area contributed by atoms with E-state index in [4.69, 9.17) is 4.74 Å². The van der Waals surface area contributed by atoms with Gasteiger partial charge in [0.25, 0.3) is 5.69 Å². The number of carbonyl (C=O) groups is 1. The fourth-order valence-corrected chi connectivity index (χ4v) is 3.12. The minimum atomic E-state index is -4.56. The molecule has 10 heteroatoms. The summed E-state index contributed by atoms with van der Waals surface area (Å²) in [6, 6.07) is 9.59. The molecule has 0 radical (unpaired) electrons.